The van der Waals surface area contributed by atoms with E-state index in [0.29, 0.717) is 19.5 Å². The fourth-order valence-corrected chi connectivity index (χ4v) is 2.72. The number of thiophene rings is 1. The monoisotopic (exact) mass is 245 g/mol. The van der Waals surface area contributed by atoms with Gasteiger partial charge in [0.05, 0.1) is 6.54 Å². The molecule has 0 radical (unpaired) electrons. The molecule has 17 heavy (non-hydrogen) atoms. The second kappa shape index (κ2) is 5.75. The molecule has 0 saturated heterocycles. The standard InChI is InChI=1S/C14H15NOS/c1-2-7-15-9-12(16)8-11-10-17-14-6-4-3-5-13(11)14/h2-6,10,15H,1,7-9H2. The Kier molecular flexibility index (Phi) is 4.07. The summed E-state index contributed by atoms with van der Waals surface area (Å²) in [7, 11) is 0. The van der Waals surface area contributed by atoms with Gasteiger partial charge in [0.15, 0.2) is 5.78 Å². The minimum absolute atomic E-state index is 0.218. The van der Waals surface area contributed by atoms with E-state index >= 15 is 0 Å². The van der Waals surface area contributed by atoms with Gasteiger partial charge in [-0.05, 0) is 22.4 Å². The van der Waals surface area contributed by atoms with Crippen molar-refractivity contribution in [2.45, 2.75) is 6.42 Å². The van der Waals surface area contributed by atoms with Crippen LogP contribution in [0.2, 0.25) is 0 Å². The van der Waals surface area contributed by atoms with Crippen molar-refractivity contribution in [3.05, 3.63) is 47.9 Å². The summed E-state index contributed by atoms with van der Waals surface area (Å²) in [6.07, 6.45) is 2.27. The zero-order chi connectivity index (χ0) is 12.1. The lowest BCUT2D eigenvalue weighted by molar-refractivity contribution is -0.117. The first-order valence-corrected chi connectivity index (χ1v) is 6.47. The zero-order valence-electron chi connectivity index (χ0n) is 9.61. The summed E-state index contributed by atoms with van der Waals surface area (Å²) < 4.78 is 1.24. The van der Waals surface area contributed by atoms with Gasteiger partial charge < -0.3 is 5.32 Å². The van der Waals surface area contributed by atoms with E-state index in [-0.39, 0.29) is 5.78 Å². The van der Waals surface area contributed by atoms with Crippen molar-refractivity contribution >= 4 is 27.2 Å². The lowest BCUT2D eigenvalue weighted by atomic mass is 10.1. The van der Waals surface area contributed by atoms with Crippen molar-refractivity contribution < 1.29 is 4.79 Å². The zero-order valence-corrected chi connectivity index (χ0v) is 10.4. The maximum Gasteiger partial charge on any atom is 0.151 e. The molecular formula is C14H15NOS. The van der Waals surface area contributed by atoms with Crippen molar-refractivity contribution in [2.24, 2.45) is 0 Å². The van der Waals surface area contributed by atoms with Crippen LogP contribution >= 0.6 is 11.3 Å². The third-order valence-electron chi connectivity index (χ3n) is 2.56. The molecular weight excluding hydrogens is 230 g/mol. The molecule has 0 fully saturated rings. The van der Waals surface area contributed by atoms with E-state index in [1.165, 1.54) is 10.1 Å². The first-order valence-electron chi connectivity index (χ1n) is 5.59. The quantitative estimate of drug-likeness (QED) is 0.626. The average Bonchev–Trinajstić information content (AvgIpc) is 2.73. The number of carbonyl (C=O) groups excluding carboxylic acids is 1. The van der Waals surface area contributed by atoms with Gasteiger partial charge in [0.1, 0.15) is 0 Å². The topological polar surface area (TPSA) is 29.1 Å². The molecule has 1 heterocycles. The van der Waals surface area contributed by atoms with Gasteiger partial charge in [-0.1, -0.05) is 24.3 Å². The minimum Gasteiger partial charge on any atom is -0.307 e. The SMILES string of the molecule is C=CCNCC(=O)Cc1csc2ccccc12. The van der Waals surface area contributed by atoms with Crippen LogP contribution in [0.15, 0.2) is 42.3 Å². The second-order valence-corrected chi connectivity index (χ2v) is 4.80. The van der Waals surface area contributed by atoms with E-state index in [0.717, 1.165) is 5.56 Å². The van der Waals surface area contributed by atoms with E-state index in [1.54, 1.807) is 17.4 Å². The molecule has 0 bridgehead atoms. The molecule has 2 rings (SSSR count). The highest BCUT2D eigenvalue weighted by atomic mass is 32.1. The largest absolute Gasteiger partial charge is 0.307 e. The molecule has 1 aromatic carbocycles. The van der Waals surface area contributed by atoms with Crippen LogP contribution in [-0.4, -0.2) is 18.9 Å². The van der Waals surface area contributed by atoms with Gasteiger partial charge in [-0.2, -0.15) is 0 Å². The molecule has 0 unspecified atom stereocenters. The van der Waals surface area contributed by atoms with Crippen LogP contribution in [0.1, 0.15) is 5.56 Å². The van der Waals surface area contributed by atoms with Crippen LogP contribution in [-0.2, 0) is 11.2 Å². The van der Waals surface area contributed by atoms with Crippen molar-refractivity contribution in [2.75, 3.05) is 13.1 Å². The number of carbonyl (C=O) groups is 1. The van der Waals surface area contributed by atoms with E-state index in [4.69, 9.17) is 0 Å². The summed E-state index contributed by atoms with van der Waals surface area (Å²) in [5.74, 6) is 0.218. The summed E-state index contributed by atoms with van der Waals surface area (Å²) >= 11 is 1.70. The molecule has 88 valence electrons. The van der Waals surface area contributed by atoms with Crippen LogP contribution in [0.5, 0.6) is 0 Å². The van der Waals surface area contributed by atoms with E-state index in [1.807, 2.05) is 12.1 Å². The van der Waals surface area contributed by atoms with Crippen molar-refractivity contribution in [1.29, 1.82) is 0 Å². The Bertz CT molecular complexity index is 530. The lowest BCUT2D eigenvalue weighted by Gasteiger charge is -2.01. The molecule has 0 aliphatic carbocycles. The summed E-state index contributed by atoms with van der Waals surface area (Å²) in [6.45, 7) is 4.69. The Morgan fingerprint density at radius 3 is 3.06 bits per heavy atom. The first kappa shape index (κ1) is 12.0. The molecule has 0 aliphatic heterocycles. The van der Waals surface area contributed by atoms with Gasteiger partial charge in [0.2, 0.25) is 0 Å². The number of benzene rings is 1. The van der Waals surface area contributed by atoms with Gasteiger partial charge >= 0.3 is 0 Å². The third kappa shape index (κ3) is 3.02. The molecule has 0 spiro atoms. The van der Waals surface area contributed by atoms with Gasteiger partial charge in [0, 0.05) is 17.7 Å². The molecule has 0 atom stereocenters. The Labute approximate surface area is 105 Å². The van der Waals surface area contributed by atoms with Crippen molar-refractivity contribution in [1.82, 2.24) is 5.32 Å². The Hall–Kier alpha value is -1.45. The van der Waals surface area contributed by atoms with Gasteiger partial charge in [-0.25, -0.2) is 0 Å². The number of nitrogens with one attached hydrogen (secondary N) is 1. The molecule has 0 amide bonds. The number of rotatable bonds is 6. The number of ketones is 1. The van der Waals surface area contributed by atoms with Crippen LogP contribution < -0.4 is 5.32 Å². The maximum atomic E-state index is 11.7. The molecule has 2 nitrogen and oxygen atoms in total. The predicted molar refractivity (Wildman–Crippen MR) is 73.6 cm³/mol. The third-order valence-corrected chi connectivity index (χ3v) is 3.57. The first-order chi connectivity index (χ1) is 8.31. The van der Waals surface area contributed by atoms with Crippen molar-refractivity contribution in [3.8, 4) is 0 Å². The maximum absolute atomic E-state index is 11.7. The van der Waals surface area contributed by atoms with E-state index in [2.05, 4.69) is 29.4 Å². The molecule has 0 saturated carbocycles. The molecule has 0 aliphatic rings. The average molecular weight is 245 g/mol. The number of fused-ring (bicyclic) bond motifs is 1. The smallest absolute Gasteiger partial charge is 0.151 e. The van der Waals surface area contributed by atoms with E-state index < -0.39 is 0 Å². The number of Topliss-reactive ketones (excluding diaryl/α,β-unsaturated/α-hetero) is 1. The highest BCUT2D eigenvalue weighted by Crippen LogP contribution is 2.25. The summed E-state index contributed by atoms with van der Waals surface area (Å²) in [4.78, 5) is 11.7. The highest BCUT2D eigenvalue weighted by molar-refractivity contribution is 7.17. The Balaban J connectivity index is 2.03. The van der Waals surface area contributed by atoms with Gasteiger partial charge in [-0.15, -0.1) is 17.9 Å². The molecule has 2 aromatic rings. The summed E-state index contributed by atoms with van der Waals surface area (Å²) in [5, 5.41) is 6.31. The molecule has 1 aromatic heterocycles. The highest BCUT2D eigenvalue weighted by Gasteiger charge is 2.07. The summed E-state index contributed by atoms with van der Waals surface area (Å²) in [6, 6.07) is 8.20. The summed E-state index contributed by atoms with van der Waals surface area (Å²) in [5.41, 5.74) is 1.14. The number of hydrogen-bond donors (Lipinski definition) is 1. The fraction of sp³-hybridized carbons (Fsp3) is 0.214. The van der Waals surface area contributed by atoms with Crippen molar-refractivity contribution in [3.63, 3.8) is 0 Å². The van der Waals surface area contributed by atoms with Crippen LogP contribution in [0.25, 0.3) is 10.1 Å². The van der Waals surface area contributed by atoms with E-state index in [9.17, 15) is 4.79 Å². The van der Waals surface area contributed by atoms with Crippen LogP contribution in [0, 0.1) is 0 Å². The Morgan fingerprint density at radius 1 is 1.41 bits per heavy atom. The minimum atomic E-state index is 0.218. The Morgan fingerprint density at radius 2 is 2.24 bits per heavy atom. The number of hydrogen-bond acceptors (Lipinski definition) is 3. The van der Waals surface area contributed by atoms with Gasteiger partial charge in [0.25, 0.3) is 0 Å². The predicted octanol–water partition coefficient (Wildman–Crippen LogP) is 2.79. The fourth-order valence-electron chi connectivity index (χ4n) is 1.76. The van der Waals surface area contributed by atoms with Gasteiger partial charge in [-0.3, -0.25) is 4.79 Å². The lowest BCUT2D eigenvalue weighted by Crippen LogP contribution is -2.24. The molecule has 1 N–H and O–H groups in total. The van der Waals surface area contributed by atoms with Crippen LogP contribution in [0.4, 0.5) is 0 Å². The second-order valence-electron chi connectivity index (χ2n) is 3.89. The normalized spacial score (nSPS) is 10.6. The molecule has 3 heteroatoms. The van der Waals surface area contributed by atoms with Crippen LogP contribution in [0.3, 0.4) is 0 Å².